The summed E-state index contributed by atoms with van der Waals surface area (Å²) in [6.07, 6.45) is 2.13. The second-order valence-electron chi connectivity index (χ2n) is 8.52. The van der Waals surface area contributed by atoms with Crippen molar-refractivity contribution in [1.82, 2.24) is 9.88 Å². The molecule has 172 valence electrons. The maximum Gasteiger partial charge on any atom is 0.253 e. The number of nitrogens with one attached hydrogen (secondary N) is 2. The van der Waals surface area contributed by atoms with Gasteiger partial charge in [0.2, 0.25) is 0 Å². The van der Waals surface area contributed by atoms with E-state index in [0.29, 0.717) is 48.5 Å². The van der Waals surface area contributed by atoms with Crippen molar-refractivity contribution in [2.75, 3.05) is 31.7 Å². The number of fused-ring (bicyclic) bond motifs is 2. The molecule has 0 saturated carbocycles. The van der Waals surface area contributed by atoms with Crippen LogP contribution >= 0.6 is 12.2 Å². The quantitative estimate of drug-likeness (QED) is 0.552. The van der Waals surface area contributed by atoms with Gasteiger partial charge in [-0.3, -0.25) is 4.79 Å². The van der Waals surface area contributed by atoms with Gasteiger partial charge in [-0.05, 0) is 61.8 Å². The van der Waals surface area contributed by atoms with E-state index in [-0.39, 0.29) is 11.7 Å². The van der Waals surface area contributed by atoms with Crippen LogP contribution < -0.4 is 20.3 Å². The lowest BCUT2D eigenvalue weighted by Gasteiger charge is -2.28. The molecule has 2 aromatic carbocycles. The Hall–Kier alpha value is -3.10. The van der Waals surface area contributed by atoms with Gasteiger partial charge < -0.3 is 29.4 Å². The van der Waals surface area contributed by atoms with Gasteiger partial charge in [0.05, 0.1) is 18.2 Å². The number of benzene rings is 2. The zero-order valence-corrected chi connectivity index (χ0v) is 19.4. The van der Waals surface area contributed by atoms with Gasteiger partial charge in [-0.15, -0.1) is 0 Å². The molecule has 0 unspecified atom stereocenters. The van der Waals surface area contributed by atoms with E-state index in [9.17, 15) is 4.79 Å². The van der Waals surface area contributed by atoms with Crippen molar-refractivity contribution in [3.63, 3.8) is 0 Å². The third-order valence-corrected chi connectivity index (χ3v) is 6.31. The predicted molar refractivity (Wildman–Crippen MR) is 132 cm³/mol. The van der Waals surface area contributed by atoms with Gasteiger partial charge in [0, 0.05) is 35.9 Å². The van der Waals surface area contributed by atoms with Crippen LogP contribution in [-0.2, 0) is 11.3 Å². The minimum Gasteiger partial charge on any atom is -0.486 e. The summed E-state index contributed by atoms with van der Waals surface area (Å²) in [5, 5.41) is 4.79. The summed E-state index contributed by atoms with van der Waals surface area (Å²) in [5.74, 6) is 1.35. The Balaban J connectivity index is 1.42. The zero-order chi connectivity index (χ0) is 22.8. The molecule has 33 heavy (non-hydrogen) atoms. The first kappa shape index (κ1) is 21.7. The first-order chi connectivity index (χ1) is 16.0. The molecule has 1 fully saturated rings. The molecule has 3 aromatic rings. The Labute approximate surface area is 197 Å². The Morgan fingerprint density at radius 1 is 1.15 bits per heavy atom. The average Bonchev–Trinajstić information content (AvgIpc) is 3.31. The van der Waals surface area contributed by atoms with Crippen LogP contribution in [0.3, 0.4) is 0 Å². The van der Waals surface area contributed by atoms with Crippen molar-refractivity contribution in [3.8, 4) is 11.5 Å². The molecular formula is C25H27N3O4S. The van der Waals surface area contributed by atoms with Crippen LogP contribution in [0.25, 0.3) is 10.9 Å². The SMILES string of the molecule is Cc1cccc(NC(=S)N(Cc2cc3cc4c(cc3[nH]c2=O)OCCO4)C[C@H]2CCCO2)c1. The molecule has 8 heteroatoms. The molecule has 1 aromatic heterocycles. The number of anilines is 1. The number of aromatic nitrogens is 1. The fourth-order valence-corrected chi connectivity index (χ4v) is 4.55. The van der Waals surface area contributed by atoms with Gasteiger partial charge in [0.25, 0.3) is 5.56 Å². The minimum absolute atomic E-state index is 0.0966. The lowest BCUT2D eigenvalue weighted by atomic mass is 10.1. The molecule has 0 amide bonds. The summed E-state index contributed by atoms with van der Waals surface area (Å²) >= 11 is 5.76. The second-order valence-corrected chi connectivity index (χ2v) is 8.91. The van der Waals surface area contributed by atoms with Crippen LogP contribution in [0.2, 0.25) is 0 Å². The highest BCUT2D eigenvalue weighted by Gasteiger charge is 2.23. The number of hydrogen-bond donors (Lipinski definition) is 2. The highest BCUT2D eigenvalue weighted by atomic mass is 32.1. The number of H-pyrrole nitrogens is 1. The van der Waals surface area contributed by atoms with Crippen LogP contribution in [0.5, 0.6) is 11.5 Å². The zero-order valence-electron chi connectivity index (χ0n) is 18.6. The highest BCUT2D eigenvalue weighted by molar-refractivity contribution is 7.80. The molecule has 0 spiro atoms. The number of nitrogens with zero attached hydrogens (tertiary/aromatic N) is 1. The number of aromatic amines is 1. The van der Waals surface area contributed by atoms with Crippen molar-refractivity contribution < 1.29 is 14.2 Å². The summed E-state index contributed by atoms with van der Waals surface area (Å²) in [5.41, 5.74) is 3.28. The Morgan fingerprint density at radius 3 is 2.73 bits per heavy atom. The summed E-state index contributed by atoms with van der Waals surface area (Å²) < 4.78 is 17.2. The van der Waals surface area contributed by atoms with Crippen molar-refractivity contribution in [3.05, 3.63) is 63.9 Å². The molecule has 1 atom stereocenters. The fourth-order valence-electron chi connectivity index (χ4n) is 4.29. The first-order valence-electron chi connectivity index (χ1n) is 11.2. The topological polar surface area (TPSA) is 75.8 Å². The fraction of sp³-hybridized carbons (Fsp3) is 0.360. The van der Waals surface area contributed by atoms with Crippen molar-refractivity contribution in [1.29, 1.82) is 0 Å². The van der Waals surface area contributed by atoms with E-state index in [1.807, 2.05) is 54.3 Å². The summed E-state index contributed by atoms with van der Waals surface area (Å²) in [7, 11) is 0. The van der Waals surface area contributed by atoms with Gasteiger partial charge in [0.1, 0.15) is 13.2 Å². The van der Waals surface area contributed by atoms with Crippen LogP contribution in [0.4, 0.5) is 5.69 Å². The van der Waals surface area contributed by atoms with E-state index in [2.05, 4.69) is 10.3 Å². The number of rotatable bonds is 5. The van der Waals surface area contributed by atoms with Gasteiger partial charge in [0.15, 0.2) is 16.6 Å². The summed E-state index contributed by atoms with van der Waals surface area (Å²) in [6, 6.07) is 13.7. The normalized spacial score (nSPS) is 17.2. The van der Waals surface area contributed by atoms with Gasteiger partial charge in [-0.25, -0.2) is 0 Å². The van der Waals surface area contributed by atoms with E-state index in [1.165, 1.54) is 0 Å². The second kappa shape index (κ2) is 9.41. The van der Waals surface area contributed by atoms with Crippen LogP contribution in [0.1, 0.15) is 24.0 Å². The van der Waals surface area contributed by atoms with Crippen LogP contribution in [-0.4, -0.2) is 47.5 Å². The predicted octanol–water partition coefficient (Wildman–Crippen LogP) is 3.99. The summed E-state index contributed by atoms with van der Waals surface area (Å²) in [6.45, 7) is 4.82. The van der Waals surface area contributed by atoms with Gasteiger partial charge >= 0.3 is 0 Å². The standard InChI is InChI=1S/C25H27N3O4S/c1-16-4-2-5-19(10-16)26-25(33)28(15-20-6-3-7-30-20)14-18-11-17-12-22-23(32-9-8-31-22)13-21(17)27-24(18)29/h2,4-5,10-13,20H,3,6-9,14-15H2,1H3,(H,26,33)(H,27,29)/t20-/m1/s1. The third-order valence-electron chi connectivity index (χ3n) is 5.95. The Kier molecular flexibility index (Phi) is 6.20. The number of hydrogen-bond acceptors (Lipinski definition) is 5. The van der Waals surface area contributed by atoms with E-state index >= 15 is 0 Å². The molecule has 0 aliphatic carbocycles. The molecule has 7 nitrogen and oxygen atoms in total. The lowest BCUT2D eigenvalue weighted by molar-refractivity contribution is 0.0904. The van der Waals surface area contributed by atoms with Crippen LogP contribution in [0.15, 0.2) is 47.3 Å². The van der Waals surface area contributed by atoms with Crippen molar-refractivity contribution in [2.45, 2.75) is 32.4 Å². The van der Waals surface area contributed by atoms with E-state index in [0.717, 1.165) is 41.6 Å². The number of thiocarbonyl (C=S) groups is 1. The highest BCUT2D eigenvalue weighted by Crippen LogP contribution is 2.33. The van der Waals surface area contributed by atoms with Gasteiger partial charge in [-0.2, -0.15) is 0 Å². The Bertz CT molecular complexity index is 1240. The number of ether oxygens (including phenoxy) is 3. The smallest absolute Gasteiger partial charge is 0.253 e. The molecule has 0 bridgehead atoms. The molecule has 0 radical (unpaired) electrons. The minimum atomic E-state index is -0.144. The maximum absolute atomic E-state index is 13.0. The third kappa shape index (κ3) is 4.96. The van der Waals surface area contributed by atoms with Crippen molar-refractivity contribution >= 4 is 33.9 Å². The Morgan fingerprint density at radius 2 is 1.97 bits per heavy atom. The first-order valence-corrected chi connectivity index (χ1v) is 11.7. The van der Waals surface area contributed by atoms with Crippen LogP contribution in [0, 0.1) is 6.92 Å². The molecule has 1 saturated heterocycles. The molecule has 2 aliphatic rings. The molecule has 2 N–H and O–H groups in total. The largest absolute Gasteiger partial charge is 0.486 e. The van der Waals surface area contributed by atoms with Crippen molar-refractivity contribution in [2.24, 2.45) is 0 Å². The number of pyridine rings is 1. The maximum atomic E-state index is 13.0. The lowest BCUT2D eigenvalue weighted by Crippen LogP contribution is -2.40. The molecular weight excluding hydrogens is 438 g/mol. The monoisotopic (exact) mass is 465 g/mol. The van der Waals surface area contributed by atoms with E-state index < -0.39 is 0 Å². The van der Waals surface area contributed by atoms with E-state index in [4.69, 9.17) is 26.4 Å². The van der Waals surface area contributed by atoms with E-state index in [1.54, 1.807) is 0 Å². The number of aryl methyl sites for hydroxylation is 1. The van der Waals surface area contributed by atoms with Gasteiger partial charge in [-0.1, -0.05) is 12.1 Å². The molecule has 5 rings (SSSR count). The molecule has 2 aliphatic heterocycles. The molecule has 3 heterocycles. The summed E-state index contributed by atoms with van der Waals surface area (Å²) in [4.78, 5) is 18.0. The average molecular weight is 466 g/mol.